The lowest BCUT2D eigenvalue weighted by Crippen LogP contribution is -2.86. The van der Waals surface area contributed by atoms with E-state index in [1.165, 1.54) is 0 Å². The monoisotopic (exact) mass is 306 g/mol. The van der Waals surface area contributed by atoms with E-state index in [4.69, 9.17) is 9.47 Å². The Hall–Kier alpha value is -2.24. The highest BCUT2D eigenvalue weighted by Gasteiger charge is 2.35. The maximum absolute atomic E-state index is 11.0. The first kappa shape index (κ1) is 16.1. The van der Waals surface area contributed by atoms with Crippen molar-refractivity contribution in [2.75, 3.05) is 14.2 Å². The Morgan fingerprint density at radius 1 is 1.32 bits per heavy atom. The minimum absolute atomic E-state index is 0.208. The molecule has 0 amide bonds. The molecule has 0 bridgehead atoms. The fraction of sp³-hybridized carbons (Fsp3) is 0.500. The Bertz CT molecular complexity index is 623. The molecule has 0 aromatic heterocycles. The average Bonchev–Trinajstić information content (AvgIpc) is 2.44. The van der Waals surface area contributed by atoms with Crippen LogP contribution in [0.3, 0.4) is 0 Å². The zero-order chi connectivity index (χ0) is 16.5. The van der Waals surface area contributed by atoms with Crippen LogP contribution < -0.4 is 24.9 Å². The highest BCUT2D eigenvalue weighted by atomic mass is 16.5. The number of fused-ring (bicyclic) bond motifs is 1. The van der Waals surface area contributed by atoms with E-state index >= 15 is 0 Å². The van der Waals surface area contributed by atoms with Crippen molar-refractivity contribution < 1.29 is 24.4 Å². The molecule has 1 aromatic rings. The van der Waals surface area contributed by atoms with Crippen molar-refractivity contribution in [3.8, 4) is 11.5 Å². The summed E-state index contributed by atoms with van der Waals surface area (Å²) in [5.74, 6) is 0.762. The van der Waals surface area contributed by atoms with Crippen LogP contribution in [0, 0.1) is 0 Å². The van der Waals surface area contributed by atoms with Gasteiger partial charge in [-0.1, -0.05) is 0 Å². The SMILES string of the molecule is COc1cc2c(cc1OC)C(=[NH+][C@@H](C)C(=O)[O-])NC(C)(C)C2. The van der Waals surface area contributed by atoms with E-state index in [1.807, 2.05) is 12.1 Å². The van der Waals surface area contributed by atoms with Crippen LogP contribution in [0.2, 0.25) is 0 Å². The molecule has 2 N–H and O–H groups in total. The van der Waals surface area contributed by atoms with Crippen molar-refractivity contribution in [3.63, 3.8) is 0 Å². The average molecular weight is 306 g/mol. The number of aliphatic carboxylic acids is 1. The van der Waals surface area contributed by atoms with E-state index in [2.05, 4.69) is 24.2 Å². The molecule has 0 radical (unpaired) electrons. The zero-order valence-electron chi connectivity index (χ0n) is 13.6. The van der Waals surface area contributed by atoms with E-state index in [0.29, 0.717) is 17.3 Å². The molecule has 2 rings (SSSR count). The van der Waals surface area contributed by atoms with Crippen LogP contribution >= 0.6 is 0 Å². The molecule has 0 aliphatic carbocycles. The van der Waals surface area contributed by atoms with Crippen LogP contribution in [0.4, 0.5) is 0 Å². The number of carbonyl (C=O) groups excluding carboxylic acids is 1. The van der Waals surface area contributed by atoms with Gasteiger partial charge in [0.1, 0.15) is 11.6 Å². The Morgan fingerprint density at radius 2 is 1.91 bits per heavy atom. The molecule has 120 valence electrons. The van der Waals surface area contributed by atoms with Crippen LogP contribution in [0.5, 0.6) is 11.5 Å². The summed E-state index contributed by atoms with van der Waals surface area (Å²) >= 11 is 0. The van der Waals surface area contributed by atoms with Crippen molar-refractivity contribution in [1.29, 1.82) is 0 Å². The Kier molecular flexibility index (Phi) is 4.30. The van der Waals surface area contributed by atoms with Gasteiger partial charge in [-0.3, -0.25) is 10.3 Å². The fourth-order valence-electron chi connectivity index (χ4n) is 2.62. The molecule has 1 aliphatic rings. The van der Waals surface area contributed by atoms with Crippen molar-refractivity contribution in [3.05, 3.63) is 23.3 Å². The molecule has 0 spiro atoms. The topological polar surface area (TPSA) is 84.6 Å². The van der Waals surface area contributed by atoms with Gasteiger partial charge in [0.25, 0.3) is 5.84 Å². The summed E-state index contributed by atoms with van der Waals surface area (Å²) in [7, 11) is 3.17. The van der Waals surface area contributed by atoms with E-state index in [0.717, 1.165) is 17.5 Å². The molecule has 0 fully saturated rings. The predicted molar refractivity (Wildman–Crippen MR) is 80.0 cm³/mol. The second-order valence-corrected chi connectivity index (χ2v) is 6.11. The van der Waals surface area contributed by atoms with Gasteiger partial charge in [0.05, 0.1) is 25.8 Å². The van der Waals surface area contributed by atoms with Gasteiger partial charge in [-0.2, -0.15) is 0 Å². The molecule has 1 aliphatic heterocycles. The summed E-state index contributed by atoms with van der Waals surface area (Å²) in [6.45, 7) is 5.65. The van der Waals surface area contributed by atoms with Crippen LogP contribution in [0.25, 0.3) is 0 Å². The van der Waals surface area contributed by atoms with Gasteiger partial charge in [0, 0.05) is 6.42 Å². The maximum atomic E-state index is 11.0. The maximum Gasteiger partial charge on any atom is 0.276 e. The second kappa shape index (κ2) is 5.87. The fourth-order valence-corrected chi connectivity index (χ4v) is 2.62. The first-order chi connectivity index (χ1) is 10.3. The molecule has 22 heavy (non-hydrogen) atoms. The minimum atomic E-state index is -1.15. The number of rotatable bonds is 4. The Balaban J connectivity index is 2.58. The number of carboxylic acids is 1. The number of carboxylic acid groups (broad SMARTS) is 1. The molecule has 1 heterocycles. The molecular formula is C16H22N2O4. The van der Waals surface area contributed by atoms with Crippen molar-refractivity contribution in [1.82, 2.24) is 5.32 Å². The number of amidine groups is 1. The summed E-state index contributed by atoms with van der Waals surface area (Å²) < 4.78 is 10.7. The summed E-state index contributed by atoms with van der Waals surface area (Å²) in [5.41, 5.74) is 1.74. The number of hydrogen-bond donors (Lipinski definition) is 2. The number of nitrogens with one attached hydrogen (secondary N) is 2. The third kappa shape index (κ3) is 3.16. The molecule has 6 nitrogen and oxygen atoms in total. The molecule has 0 saturated heterocycles. The lowest BCUT2D eigenvalue weighted by molar-refractivity contribution is -0.503. The number of benzene rings is 1. The second-order valence-electron chi connectivity index (χ2n) is 6.11. The smallest absolute Gasteiger partial charge is 0.276 e. The molecule has 0 unspecified atom stereocenters. The van der Waals surface area contributed by atoms with Crippen LogP contribution in [-0.4, -0.2) is 37.6 Å². The van der Waals surface area contributed by atoms with Crippen molar-refractivity contribution in [2.45, 2.75) is 38.8 Å². The molecule has 6 heteroatoms. The van der Waals surface area contributed by atoms with E-state index in [1.54, 1.807) is 21.1 Å². The highest BCUT2D eigenvalue weighted by molar-refractivity contribution is 5.98. The molecule has 1 aromatic carbocycles. The number of methoxy groups -OCH3 is 2. The summed E-state index contributed by atoms with van der Waals surface area (Å²) in [6, 6.07) is 2.97. The van der Waals surface area contributed by atoms with Gasteiger partial charge in [-0.15, -0.1) is 0 Å². The normalized spacial score (nSPS) is 19.0. The summed E-state index contributed by atoms with van der Waals surface area (Å²) in [6.07, 6.45) is 0.785. The van der Waals surface area contributed by atoms with Crippen molar-refractivity contribution in [2.24, 2.45) is 0 Å². The first-order valence-corrected chi connectivity index (χ1v) is 7.15. The Morgan fingerprint density at radius 3 is 2.45 bits per heavy atom. The highest BCUT2D eigenvalue weighted by Crippen LogP contribution is 2.33. The quantitative estimate of drug-likeness (QED) is 0.714. The third-order valence-electron chi connectivity index (χ3n) is 3.69. The molecular weight excluding hydrogens is 284 g/mol. The van der Waals surface area contributed by atoms with E-state index in [-0.39, 0.29) is 5.54 Å². The third-order valence-corrected chi connectivity index (χ3v) is 3.69. The van der Waals surface area contributed by atoms with Crippen LogP contribution in [0.15, 0.2) is 12.1 Å². The largest absolute Gasteiger partial charge is 0.546 e. The van der Waals surface area contributed by atoms with Gasteiger partial charge >= 0.3 is 0 Å². The Labute approximate surface area is 130 Å². The summed E-state index contributed by atoms with van der Waals surface area (Å²) in [5, 5.41) is 14.4. The van der Waals surface area contributed by atoms with Crippen LogP contribution in [-0.2, 0) is 11.2 Å². The molecule has 1 atom stereocenters. The first-order valence-electron chi connectivity index (χ1n) is 7.15. The predicted octanol–water partition coefficient (Wildman–Crippen LogP) is -1.41. The van der Waals surface area contributed by atoms with Gasteiger partial charge in [-0.05, 0) is 38.5 Å². The van der Waals surface area contributed by atoms with Gasteiger partial charge in [0.15, 0.2) is 11.5 Å². The van der Waals surface area contributed by atoms with Gasteiger partial charge in [-0.25, -0.2) is 0 Å². The minimum Gasteiger partial charge on any atom is -0.546 e. The van der Waals surface area contributed by atoms with Gasteiger partial charge < -0.3 is 19.4 Å². The van der Waals surface area contributed by atoms with E-state index in [9.17, 15) is 9.90 Å². The lowest BCUT2D eigenvalue weighted by Gasteiger charge is -2.30. The lowest BCUT2D eigenvalue weighted by atomic mass is 9.86. The van der Waals surface area contributed by atoms with Gasteiger partial charge in [0.2, 0.25) is 0 Å². The van der Waals surface area contributed by atoms with Crippen molar-refractivity contribution >= 4 is 11.8 Å². The zero-order valence-corrected chi connectivity index (χ0v) is 13.6. The number of ether oxygens (including phenoxy) is 2. The summed E-state index contributed by atoms with van der Waals surface area (Å²) in [4.78, 5) is 14.0. The van der Waals surface area contributed by atoms with E-state index < -0.39 is 12.0 Å². The number of hydrogen-bond acceptors (Lipinski definition) is 4. The molecule has 0 saturated carbocycles. The standard InChI is InChI=1S/C16H22N2O4/c1-9(15(19)20)17-14-11-7-13(22-5)12(21-4)6-10(11)8-16(2,3)18-14/h6-7,9H,8H2,1-5H3,(H,17,18)(H,19,20)/t9-/m0/s1. The van der Waals surface area contributed by atoms with Crippen LogP contribution in [0.1, 0.15) is 31.9 Å². The number of carbonyl (C=O) groups is 1.